The highest BCUT2D eigenvalue weighted by atomic mass is 35.5. The molecule has 2 heterocycles. The summed E-state index contributed by atoms with van der Waals surface area (Å²) in [6, 6.07) is 3.88. The van der Waals surface area contributed by atoms with Crippen LogP contribution >= 0.6 is 11.6 Å². The summed E-state index contributed by atoms with van der Waals surface area (Å²) in [5.74, 6) is 3.28. The average Bonchev–Trinajstić information content (AvgIpc) is 2.77. The van der Waals surface area contributed by atoms with Crippen LogP contribution in [0.2, 0.25) is 5.15 Å². The second kappa shape index (κ2) is 5.40. The predicted octanol–water partition coefficient (Wildman–Crippen LogP) is 3.51. The van der Waals surface area contributed by atoms with Gasteiger partial charge in [0.15, 0.2) is 0 Å². The maximum atomic E-state index is 6.07. The molecule has 0 amide bonds. The number of aromatic nitrogens is 2. The number of furan rings is 1. The number of nitrogens with zero attached hydrogens (tertiary/aromatic N) is 2. The minimum absolute atomic E-state index is 0.500. The molecule has 0 saturated carbocycles. The summed E-state index contributed by atoms with van der Waals surface area (Å²) < 4.78 is 5.49. The Labute approximate surface area is 111 Å². The van der Waals surface area contributed by atoms with E-state index >= 15 is 0 Å². The SMILES string of the molecule is CCc1nc(Cl)c(C)c(NCc2ccc(C)o2)n1. The normalized spacial score (nSPS) is 10.7. The first-order chi connectivity index (χ1) is 8.60. The third-order valence-corrected chi connectivity index (χ3v) is 3.04. The van der Waals surface area contributed by atoms with Gasteiger partial charge in [0, 0.05) is 12.0 Å². The van der Waals surface area contributed by atoms with Gasteiger partial charge in [-0.25, -0.2) is 9.97 Å². The Kier molecular flexibility index (Phi) is 3.87. The highest BCUT2D eigenvalue weighted by Crippen LogP contribution is 2.20. The van der Waals surface area contributed by atoms with Crippen LogP contribution in [0.5, 0.6) is 0 Å². The van der Waals surface area contributed by atoms with Crippen molar-refractivity contribution in [1.29, 1.82) is 0 Å². The van der Waals surface area contributed by atoms with Gasteiger partial charge in [0.05, 0.1) is 6.54 Å². The van der Waals surface area contributed by atoms with E-state index in [0.29, 0.717) is 11.7 Å². The minimum atomic E-state index is 0.500. The lowest BCUT2D eigenvalue weighted by Gasteiger charge is -2.09. The van der Waals surface area contributed by atoms with Gasteiger partial charge in [-0.2, -0.15) is 0 Å². The molecule has 5 heteroatoms. The van der Waals surface area contributed by atoms with Crippen LogP contribution in [-0.4, -0.2) is 9.97 Å². The van der Waals surface area contributed by atoms with Crippen LogP contribution in [0.3, 0.4) is 0 Å². The van der Waals surface area contributed by atoms with E-state index in [1.165, 1.54) is 0 Å². The van der Waals surface area contributed by atoms with Crippen LogP contribution in [0, 0.1) is 13.8 Å². The Morgan fingerprint density at radius 1 is 1.28 bits per heavy atom. The van der Waals surface area contributed by atoms with E-state index in [2.05, 4.69) is 15.3 Å². The third-order valence-electron chi connectivity index (χ3n) is 2.68. The molecule has 0 atom stereocenters. The summed E-state index contributed by atoms with van der Waals surface area (Å²) in [5, 5.41) is 3.73. The van der Waals surface area contributed by atoms with Crippen molar-refractivity contribution in [1.82, 2.24) is 9.97 Å². The van der Waals surface area contributed by atoms with Gasteiger partial charge in [-0.1, -0.05) is 18.5 Å². The fourth-order valence-corrected chi connectivity index (χ4v) is 1.80. The lowest BCUT2D eigenvalue weighted by atomic mass is 10.3. The topological polar surface area (TPSA) is 51.0 Å². The number of rotatable bonds is 4. The van der Waals surface area contributed by atoms with Gasteiger partial charge in [-0.3, -0.25) is 0 Å². The van der Waals surface area contributed by atoms with E-state index < -0.39 is 0 Å². The molecule has 18 heavy (non-hydrogen) atoms. The average molecular weight is 266 g/mol. The summed E-state index contributed by atoms with van der Waals surface area (Å²) in [6.45, 7) is 6.41. The van der Waals surface area contributed by atoms with Crippen LogP contribution in [0.15, 0.2) is 16.5 Å². The Bertz CT molecular complexity index is 551. The van der Waals surface area contributed by atoms with Crippen molar-refractivity contribution >= 4 is 17.4 Å². The van der Waals surface area contributed by atoms with Gasteiger partial charge in [-0.15, -0.1) is 0 Å². The first-order valence-corrected chi connectivity index (χ1v) is 6.30. The monoisotopic (exact) mass is 265 g/mol. The van der Waals surface area contributed by atoms with Crippen molar-refractivity contribution in [3.63, 3.8) is 0 Å². The summed E-state index contributed by atoms with van der Waals surface area (Å²) in [5.41, 5.74) is 0.858. The fraction of sp³-hybridized carbons (Fsp3) is 0.385. The molecule has 1 N–H and O–H groups in total. The van der Waals surface area contributed by atoms with Crippen LogP contribution in [0.25, 0.3) is 0 Å². The summed E-state index contributed by atoms with van der Waals surface area (Å²) in [7, 11) is 0. The molecule has 2 aromatic heterocycles. The van der Waals surface area contributed by atoms with E-state index in [0.717, 1.165) is 35.1 Å². The molecule has 0 spiro atoms. The predicted molar refractivity (Wildman–Crippen MR) is 71.9 cm³/mol. The van der Waals surface area contributed by atoms with Crippen molar-refractivity contribution in [3.05, 3.63) is 40.2 Å². The van der Waals surface area contributed by atoms with Crippen LogP contribution in [-0.2, 0) is 13.0 Å². The molecule has 0 unspecified atom stereocenters. The molecule has 0 fully saturated rings. The zero-order chi connectivity index (χ0) is 13.1. The summed E-state index contributed by atoms with van der Waals surface area (Å²) in [4.78, 5) is 8.63. The van der Waals surface area contributed by atoms with Crippen LogP contribution in [0.1, 0.15) is 29.8 Å². The molecular weight excluding hydrogens is 250 g/mol. The molecule has 0 radical (unpaired) electrons. The molecule has 4 nitrogen and oxygen atoms in total. The molecule has 0 saturated heterocycles. The van der Waals surface area contributed by atoms with Gasteiger partial charge < -0.3 is 9.73 Å². The first-order valence-electron chi connectivity index (χ1n) is 5.92. The van der Waals surface area contributed by atoms with E-state index in [1.54, 1.807) is 0 Å². The Hall–Kier alpha value is -1.55. The van der Waals surface area contributed by atoms with E-state index in [4.69, 9.17) is 16.0 Å². The second-order valence-electron chi connectivity index (χ2n) is 4.12. The molecule has 0 aromatic carbocycles. The fourth-order valence-electron chi connectivity index (χ4n) is 1.61. The standard InChI is InChI=1S/C13H16ClN3O/c1-4-11-16-12(14)9(3)13(17-11)15-7-10-6-5-8(2)18-10/h5-6H,4,7H2,1-3H3,(H,15,16,17). The van der Waals surface area contributed by atoms with E-state index in [-0.39, 0.29) is 0 Å². The van der Waals surface area contributed by atoms with Gasteiger partial charge in [0.25, 0.3) is 0 Å². The second-order valence-corrected chi connectivity index (χ2v) is 4.48. The molecule has 2 aromatic rings. The number of anilines is 1. The zero-order valence-corrected chi connectivity index (χ0v) is 11.5. The van der Waals surface area contributed by atoms with E-state index in [1.807, 2.05) is 32.9 Å². The van der Waals surface area contributed by atoms with Gasteiger partial charge in [0.2, 0.25) is 0 Å². The highest BCUT2D eigenvalue weighted by molar-refractivity contribution is 6.30. The van der Waals surface area contributed by atoms with E-state index in [9.17, 15) is 0 Å². The number of hydrogen-bond donors (Lipinski definition) is 1. The Balaban J connectivity index is 2.15. The van der Waals surface area contributed by atoms with Crippen molar-refractivity contribution in [3.8, 4) is 0 Å². The molecule has 0 aliphatic heterocycles. The lowest BCUT2D eigenvalue weighted by molar-refractivity contribution is 0.490. The molecule has 2 rings (SSSR count). The summed E-state index contributed by atoms with van der Waals surface area (Å²) in [6.07, 6.45) is 0.758. The molecule has 0 aliphatic rings. The Morgan fingerprint density at radius 3 is 2.67 bits per heavy atom. The number of hydrogen-bond acceptors (Lipinski definition) is 4. The van der Waals surface area contributed by atoms with Crippen LogP contribution in [0.4, 0.5) is 5.82 Å². The van der Waals surface area contributed by atoms with Crippen molar-refractivity contribution < 1.29 is 4.42 Å². The minimum Gasteiger partial charge on any atom is -0.465 e. The first kappa shape index (κ1) is 12.9. The smallest absolute Gasteiger partial charge is 0.137 e. The highest BCUT2D eigenvalue weighted by Gasteiger charge is 2.09. The molecule has 96 valence electrons. The maximum absolute atomic E-state index is 6.07. The van der Waals surface area contributed by atoms with Crippen molar-refractivity contribution in [2.45, 2.75) is 33.7 Å². The number of nitrogens with one attached hydrogen (secondary N) is 1. The van der Waals surface area contributed by atoms with Crippen molar-refractivity contribution in [2.24, 2.45) is 0 Å². The lowest BCUT2D eigenvalue weighted by Crippen LogP contribution is -2.06. The molecular formula is C13H16ClN3O. The number of aryl methyl sites for hydroxylation is 2. The zero-order valence-electron chi connectivity index (χ0n) is 10.7. The van der Waals surface area contributed by atoms with Gasteiger partial charge >= 0.3 is 0 Å². The van der Waals surface area contributed by atoms with Gasteiger partial charge in [-0.05, 0) is 26.0 Å². The van der Waals surface area contributed by atoms with Gasteiger partial charge in [0.1, 0.15) is 28.3 Å². The third kappa shape index (κ3) is 2.82. The quantitative estimate of drug-likeness (QED) is 0.860. The molecule has 0 bridgehead atoms. The largest absolute Gasteiger partial charge is 0.465 e. The van der Waals surface area contributed by atoms with Crippen molar-refractivity contribution in [2.75, 3.05) is 5.32 Å². The Morgan fingerprint density at radius 2 is 2.06 bits per heavy atom. The molecule has 0 aliphatic carbocycles. The van der Waals surface area contributed by atoms with Crippen LogP contribution < -0.4 is 5.32 Å². The summed E-state index contributed by atoms with van der Waals surface area (Å²) >= 11 is 6.07. The number of halogens is 1. The maximum Gasteiger partial charge on any atom is 0.137 e.